The van der Waals surface area contributed by atoms with Crippen LogP contribution < -0.4 is 5.73 Å². The first-order valence-corrected chi connectivity index (χ1v) is 6.19. The van der Waals surface area contributed by atoms with Crippen LogP contribution in [0.5, 0.6) is 0 Å². The summed E-state index contributed by atoms with van der Waals surface area (Å²) in [5, 5.41) is 4.05. The summed E-state index contributed by atoms with van der Waals surface area (Å²) in [4.78, 5) is 13.9. The van der Waals surface area contributed by atoms with Crippen molar-refractivity contribution in [3.05, 3.63) is 22.4 Å². The Morgan fingerprint density at radius 2 is 2.53 bits per heavy atom. The van der Waals surface area contributed by atoms with Gasteiger partial charge in [0.05, 0.1) is 5.92 Å². The molecule has 1 amide bonds. The molecule has 3 nitrogen and oxygen atoms in total. The monoisotopic (exact) mass is 224 g/mol. The van der Waals surface area contributed by atoms with Crippen molar-refractivity contribution in [2.24, 2.45) is 5.73 Å². The molecule has 0 aromatic carbocycles. The molecule has 1 aliphatic rings. The highest BCUT2D eigenvalue weighted by molar-refractivity contribution is 7.08. The van der Waals surface area contributed by atoms with Crippen molar-refractivity contribution in [1.29, 1.82) is 0 Å². The molecule has 0 saturated carbocycles. The van der Waals surface area contributed by atoms with Crippen LogP contribution in [0.4, 0.5) is 0 Å². The lowest BCUT2D eigenvalue weighted by Gasteiger charge is -2.20. The van der Waals surface area contributed by atoms with Crippen molar-refractivity contribution in [2.75, 3.05) is 13.1 Å². The normalized spacial score (nSPS) is 23.1. The molecule has 15 heavy (non-hydrogen) atoms. The molecule has 0 radical (unpaired) electrons. The third kappa shape index (κ3) is 2.21. The van der Waals surface area contributed by atoms with Crippen LogP contribution in [-0.2, 0) is 4.79 Å². The number of nitrogens with two attached hydrogens (primary N) is 1. The zero-order valence-corrected chi connectivity index (χ0v) is 9.67. The van der Waals surface area contributed by atoms with Crippen LogP contribution in [0.15, 0.2) is 16.8 Å². The van der Waals surface area contributed by atoms with E-state index in [0.29, 0.717) is 6.54 Å². The van der Waals surface area contributed by atoms with Crippen molar-refractivity contribution < 1.29 is 4.79 Å². The number of carbonyl (C=O) groups is 1. The Morgan fingerprint density at radius 1 is 1.73 bits per heavy atom. The average molecular weight is 224 g/mol. The number of thiophene rings is 1. The number of hydrogen-bond donors (Lipinski definition) is 1. The van der Waals surface area contributed by atoms with Gasteiger partial charge in [0.1, 0.15) is 0 Å². The van der Waals surface area contributed by atoms with Gasteiger partial charge < -0.3 is 10.6 Å². The summed E-state index contributed by atoms with van der Waals surface area (Å²) in [5.41, 5.74) is 6.91. The SMILES string of the molecule is CC(C(=O)N1CCC(N)C1)c1ccsc1. The van der Waals surface area contributed by atoms with E-state index in [0.717, 1.165) is 18.5 Å². The standard InChI is InChI=1S/C11H16N2OS/c1-8(9-3-5-15-7-9)11(14)13-4-2-10(12)6-13/h3,5,7-8,10H,2,4,6,12H2,1H3. The Kier molecular flexibility index (Phi) is 3.07. The summed E-state index contributed by atoms with van der Waals surface area (Å²) in [7, 11) is 0. The molecule has 0 spiro atoms. The van der Waals surface area contributed by atoms with Crippen LogP contribution in [0.1, 0.15) is 24.8 Å². The third-order valence-corrected chi connectivity index (χ3v) is 3.65. The molecule has 1 saturated heterocycles. The van der Waals surface area contributed by atoms with Gasteiger partial charge in [-0.3, -0.25) is 4.79 Å². The minimum absolute atomic E-state index is 0.0263. The lowest BCUT2D eigenvalue weighted by Crippen LogP contribution is -2.34. The van der Waals surface area contributed by atoms with E-state index in [2.05, 4.69) is 0 Å². The number of hydrogen-bond acceptors (Lipinski definition) is 3. The van der Waals surface area contributed by atoms with E-state index in [1.54, 1.807) is 11.3 Å². The first-order valence-electron chi connectivity index (χ1n) is 5.25. The predicted molar refractivity (Wildman–Crippen MR) is 61.9 cm³/mol. The Balaban J connectivity index is 2.02. The molecule has 2 unspecified atom stereocenters. The minimum Gasteiger partial charge on any atom is -0.341 e. The fourth-order valence-corrected chi connectivity index (χ4v) is 2.68. The van der Waals surface area contributed by atoms with Crippen LogP contribution in [0.2, 0.25) is 0 Å². The second-order valence-corrected chi connectivity index (χ2v) is 4.89. The molecule has 0 bridgehead atoms. The number of carbonyl (C=O) groups excluding carboxylic acids is 1. The van der Waals surface area contributed by atoms with E-state index < -0.39 is 0 Å². The summed E-state index contributed by atoms with van der Waals surface area (Å²) in [6, 6.07) is 2.19. The van der Waals surface area contributed by atoms with E-state index in [9.17, 15) is 4.79 Å². The molecule has 1 fully saturated rings. The van der Waals surface area contributed by atoms with Gasteiger partial charge in [0.25, 0.3) is 0 Å². The molecule has 1 aliphatic heterocycles. The van der Waals surface area contributed by atoms with Crippen molar-refractivity contribution in [3.63, 3.8) is 0 Å². The number of nitrogens with zero attached hydrogens (tertiary/aromatic N) is 1. The Morgan fingerprint density at radius 3 is 3.07 bits per heavy atom. The Bertz CT molecular complexity index is 336. The summed E-state index contributed by atoms with van der Waals surface area (Å²) in [6.45, 7) is 3.50. The van der Waals surface area contributed by atoms with E-state index in [4.69, 9.17) is 5.73 Å². The maximum absolute atomic E-state index is 12.1. The van der Waals surface area contributed by atoms with Crippen molar-refractivity contribution in [2.45, 2.75) is 25.3 Å². The zero-order valence-electron chi connectivity index (χ0n) is 8.85. The smallest absolute Gasteiger partial charge is 0.229 e. The Hall–Kier alpha value is -0.870. The van der Waals surface area contributed by atoms with Gasteiger partial charge in [-0.25, -0.2) is 0 Å². The van der Waals surface area contributed by atoms with Gasteiger partial charge in [0, 0.05) is 19.1 Å². The summed E-state index contributed by atoms with van der Waals surface area (Å²) in [5.74, 6) is 0.183. The van der Waals surface area contributed by atoms with Crippen molar-refractivity contribution in [3.8, 4) is 0 Å². The fourth-order valence-electron chi connectivity index (χ4n) is 1.93. The van der Waals surface area contributed by atoms with E-state index in [1.165, 1.54) is 0 Å². The molecular weight excluding hydrogens is 208 g/mol. The second kappa shape index (κ2) is 4.33. The summed E-state index contributed by atoms with van der Waals surface area (Å²) < 4.78 is 0. The van der Waals surface area contributed by atoms with Gasteiger partial charge in [0.2, 0.25) is 5.91 Å². The maximum Gasteiger partial charge on any atom is 0.229 e. The van der Waals surface area contributed by atoms with Crippen LogP contribution in [0, 0.1) is 0 Å². The molecule has 4 heteroatoms. The van der Waals surface area contributed by atoms with Crippen LogP contribution in [-0.4, -0.2) is 29.9 Å². The molecule has 2 N–H and O–H groups in total. The Labute approximate surface area is 93.9 Å². The van der Waals surface area contributed by atoms with Crippen molar-refractivity contribution in [1.82, 2.24) is 4.90 Å². The third-order valence-electron chi connectivity index (χ3n) is 2.95. The van der Waals surface area contributed by atoms with Crippen LogP contribution in [0.25, 0.3) is 0 Å². The van der Waals surface area contributed by atoms with E-state index >= 15 is 0 Å². The van der Waals surface area contributed by atoms with Crippen LogP contribution in [0.3, 0.4) is 0 Å². The van der Waals surface area contributed by atoms with Gasteiger partial charge >= 0.3 is 0 Å². The number of likely N-dealkylation sites (tertiary alicyclic amines) is 1. The molecule has 2 heterocycles. The minimum atomic E-state index is -0.0263. The zero-order chi connectivity index (χ0) is 10.8. The van der Waals surface area contributed by atoms with Gasteiger partial charge in [-0.1, -0.05) is 0 Å². The molecule has 1 aromatic heterocycles. The maximum atomic E-state index is 12.1. The average Bonchev–Trinajstić information content (AvgIpc) is 2.85. The first-order chi connectivity index (χ1) is 7.18. The fraction of sp³-hybridized carbons (Fsp3) is 0.545. The highest BCUT2D eigenvalue weighted by Gasteiger charge is 2.27. The molecule has 0 aliphatic carbocycles. The summed E-state index contributed by atoms with van der Waals surface area (Å²) in [6.07, 6.45) is 0.933. The highest BCUT2D eigenvalue weighted by Crippen LogP contribution is 2.22. The molecule has 1 aromatic rings. The van der Waals surface area contributed by atoms with E-state index in [-0.39, 0.29) is 17.9 Å². The molecule has 82 valence electrons. The summed E-state index contributed by atoms with van der Waals surface area (Å²) >= 11 is 1.63. The van der Waals surface area contributed by atoms with E-state index in [1.807, 2.05) is 28.7 Å². The number of amides is 1. The van der Waals surface area contributed by atoms with Gasteiger partial charge in [-0.2, -0.15) is 11.3 Å². The van der Waals surface area contributed by atoms with Crippen molar-refractivity contribution >= 4 is 17.2 Å². The first kappa shape index (κ1) is 10.6. The number of rotatable bonds is 2. The lowest BCUT2D eigenvalue weighted by molar-refractivity contribution is -0.131. The molecular formula is C11H16N2OS. The lowest BCUT2D eigenvalue weighted by atomic mass is 10.0. The van der Waals surface area contributed by atoms with Gasteiger partial charge in [0.15, 0.2) is 0 Å². The largest absolute Gasteiger partial charge is 0.341 e. The highest BCUT2D eigenvalue weighted by atomic mass is 32.1. The van der Waals surface area contributed by atoms with Gasteiger partial charge in [-0.15, -0.1) is 0 Å². The molecule has 2 atom stereocenters. The second-order valence-electron chi connectivity index (χ2n) is 4.11. The predicted octanol–water partition coefficient (Wildman–Crippen LogP) is 1.41. The molecule has 2 rings (SSSR count). The topological polar surface area (TPSA) is 46.3 Å². The quantitative estimate of drug-likeness (QED) is 0.825. The van der Waals surface area contributed by atoms with Gasteiger partial charge in [-0.05, 0) is 35.7 Å². The van der Waals surface area contributed by atoms with Crippen LogP contribution >= 0.6 is 11.3 Å².